The largest absolute Gasteiger partial charge is 0.480 e. The van der Waals surface area contributed by atoms with Crippen molar-refractivity contribution in [2.24, 2.45) is 0 Å². The molecule has 0 spiro atoms. The van der Waals surface area contributed by atoms with Crippen LogP contribution >= 0.6 is 34.8 Å². The summed E-state index contributed by atoms with van der Waals surface area (Å²) in [5.74, 6) is -1.06. The molecule has 0 amide bonds. The fourth-order valence-corrected chi connectivity index (χ4v) is 1.64. The van der Waals surface area contributed by atoms with Crippen molar-refractivity contribution in [1.29, 1.82) is 0 Å². The van der Waals surface area contributed by atoms with Crippen LogP contribution in [0.25, 0.3) is 0 Å². The van der Waals surface area contributed by atoms with E-state index in [-0.39, 0.29) is 6.42 Å². The zero-order chi connectivity index (χ0) is 12.2. The van der Waals surface area contributed by atoms with Crippen molar-refractivity contribution in [1.82, 2.24) is 5.32 Å². The molecular formula is C10H10Cl3NO2. The molecule has 0 saturated carbocycles. The van der Waals surface area contributed by atoms with E-state index in [2.05, 4.69) is 5.32 Å². The highest BCUT2D eigenvalue weighted by Gasteiger charge is 2.28. The Bertz CT molecular complexity index is 351. The van der Waals surface area contributed by atoms with Gasteiger partial charge in [0.1, 0.15) is 6.04 Å². The van der Waals surface area contributed by atoms with Crippen molar-refractivity contribution >= 4 is 40.8 Å². The topological polar surface area (TPSA) is 49.3 Å². The smallest absolute Gasteiger partial charge is 0.321 e. The molecule has 0 fully saturated rings. The lowest BCUT2D eigenvalue weighted by Gasteiger charge is -2.20. The van der Waals surface area contributed by atoms with E-state index < -0.39 is 15.9 Å². The third-order valence-electron chi connectivity index (χ3n) is 1.92. The van der Waals surface area contributed by atoms with Crippen LogP contribution in [-0.2, 0) is 11.2 Å². The van der Waals surface area contributed by atoms with Gasteiger partial charge in [-0.2, -0.15) is 0 Å². The quantitative estimate of drug-likeness (QED) is 0.659. The maximum atomic E-state index is 10.9. The average Bonchev–Trinajstić information content (AvgIpc) is 2.16. The van der Waals surface area contributed by atoms with Gasteiger partial charge in [-0.25, -0.2) is 0 Å². The Balaban J connectivity index is 2.70. The van der Waals surface area contributed by atoms with E-state index in [9.17, 15) is 4.79 Å². The van der Waals surface area contributed by atoms with Crippen molar-refractivity contribution in [3.63, 3.8) is 0 Å². The molecule has 0 saturated heterocycles. The van der Waals surface area contributed by atoms with Gasteiger partial charge < -0.3 is 5.11 Å². The molecule has 0 aliphatic heterocycles. The summed E-state index contributed by atoms with van der Waals surface area (Å²) in [6.45, 7) is 0. The second-order valence-electron chi connectivity index (χ2n) is 3.22. The molecule has 1 aromatic carbocycles. The first-order chi connectivity index (χ1) is 7.38. The summed E-state index contributed by atoms with van der Waals surface area (Å²) in [5.41, 5.74) is 0.858. The molecule has 0 aromatic heterocycles. The second kappa shape index (κ2) is 5.73. The molecule has 3 nitrogen and oxygen atoms in total. The number of nitrogens with one attached hydrogen (secondary N) is 1. The summed E-state index contributed by atoms with van der Waals surface area (Å²) in [4.78, 5) is 10.9. The van der Waals surface area contributed by atoms with E-state index in [4.69, 9.17) is 39.9 Å². The molecule has 1 rings (SSSR count). The van der Waals surface area contributed by atoms with Gasteiger partial charge in [0.05, 0.1) is 0 Å². The van der Waals surface area contributed by atoms with Crippen LogP contribution in [-0.4, -0.2) is 21.0 Å². The summed E-state index contributed by atoms with van der Waals surface area (Å²) >= 11 is 16.5. The SMILES string of the molecule is O=C(O)C(Cc1ccccc1)NC(Cl)(Cl)Cl. The first-order valence-corrected chi connectivity index (χ1v) is 5.63. The number of hydrogen-bond donors (Lipinski definition) is 2. The Labute approximate surface area is 108 Å². The molecule has 1 atom stereocenters. The maximum Gasteiger partial charge on any atom is 0.321 e. The fraction of sp³-hybridized carbons (Fsp3) is 0.300. The lowest BCUT2D eigenvalue weighted by Crippen LogP contribution is -2.45. The Morgan fingerprint density at radius 2 is 1.88 bits per heavy atom. The molecule has 0 radical (unpaired) electrons. The molecule has 16 heavy (non-hydrogen) atoms. The molecule has 0 aliphatic rings. The van der Waals surface area contributed by atoms with Gasteiger partial charge in [0.15, 0.2) is 0 Å². The van der Waals surface area contributed by atoms with Gasteiger partial charge in [-0.3, -0.25) is 10.1 Å². The number of aliphatic carboxylic acids is 1. The predicted octanol–water partition coefficient (Wildman–Crippen LogP) is 2.60. The van der Waals surface area contributed by atoms with Gasteiger partial charge in [-0.05, 0) is 12.0 Å². The minimum atomic E-state index is -1.78. The van der Waals surface area contributed by atoms with E-state index in [0.717, 1.165) is 5.56 Å². The van der Waals surface area contributed by atoms with Crippen LogP contribution in [0.1, 0.15) is 5.56 Å². The number of alkyl halides is 3. The average molecular weight is 283 g/mol. The first-order valence-electron chi connectivity index (χ1n) is 4.49. The predicted molar refractivity (Wildman–Crippen MR) is 65.0 cm³/mol. The third kappa shape index (κ3) is 5.03. The van der Waals surface area contributed by atoms with Crippen LogP contribution in [0.5, 0.6) is 0 Å². The standard InChI is InChI=1S/C10H10Cl3NO2/c11-10(12,13)14-8(9(15)16)6-7-4-2-1-3-5-7/h1-5,8,14H,6H2,(H,15,16). The minimum absolute atomic E-state index is 0.254. The zero-order valence-corrected chi connectivity index (χ0v) is 10.4. The van der Waals surface area contributed by atoms with Gasteiger partial charge in [0.2, 0.25) is 3.92 Å². The van der Waals surface area contributed by atoms with E-state index in [1.807, 2.05) is 30.3 Å². The molecule has 1 unspecified atom stereocenters. The fourth-order valence-electron chi connectivity index (χ4n) is 1.25. The normalized spacial score (nSPS) is 13.4. The molecular weight excluding hydrogens is 272 g/mol. The molecule has 0 bridgehead atoms. The highest BCUT2D eigenvalue weighted by molar-refractivity contribution is 6.67. The highest BCUT2D eigenvalue weighted by Crippen LogP contribution is 2.23. The Kier molecular flexibility index (Phi) is 4.87. The van der Waals surface area contributed by atoms with E-state index in [1.54, 1.807) is 0 Å². The monoisotopic (exact) mass is 281 g/mol. The van der Waals surface area contributed by atoms with Gasteiger partial charge in [0.25, 0.3) is 0 Å². The summed E-state index contributed by atoms with van der Waals surface area (Å²) < 4.78 is -1.78. The van der Waals surface area contributed by atoms with E-state index >= 15 is 0 Å². The number of hydrogen-bond acceptors (Lipinski definition) is 2. The summed E-state index contributed by atoms with van der Waals surface area (Å²) in [5, 5.41) is 11.4. The Hall–Kier alpha value is -0.480. The summed E-state index contributed by atoms with van der Waals surface area (Å²) in [7, 11) is 0. The van der Waals surface area contributed by atoms with Crippen molar-refractivity contribution in [3.05, 3.63) is 35.9 Å². The van der Waals surface area contributed by atoms with Crippen molar-refractivity contribution in [3.8, 4) is 0 Å². The number of rotatable bonds is 4. The van der Waals surface area contributed by atoms with Crippen LogP contribution in [0.4, 0.5) is 0 Å². The van der Waals surface area contributed by atoms with Gasteiger partial charge in [-0.15, -0.1) is 0 Å². The molecule has 2 N–H and O–H groups in total. The van der Waals surface area contributed by atoms with Crippen LogP contribution in [0.3, 0.4) is 0 Å². The molecule has 1 aromatic rings. The minimum Gasteiger partial charge on any atom is -0.480 e. The van der Waals surface area contributed by atoms with Crippen molar-refractivity contribution < 1.29 is 9.90 Å². The van der Waals surface area contributed by atoms with Gasteiger partial charge in [-0.1, -0.05) is 65.1 Å². The van der Waals surface area contributed by atoms with E-state index in [0.29, 0.717) is 0 Å². The van der Waals surface area contributed by atoms with Crippen LogP contribution in [0.2, 0.25) is 0 Å². The van der Waals surface area contributed by atoms with Crippen LogP contribution < -0.4 is 5.32 Å². The summed E-state index contributed by atoms with van der Waals surface area (Å²) in [6.07, 6.45) is 0.254. The van der Waals surface area contributed by atoms with Gasteiger partial charge >= 0.3 is 5.97 Å². The Morgan fingerprint density at radius 1 is 1.31 bits per heavy atom. The van der Waals surface area contributed by atoms with Crippen LogP contribution in [0.15, 0.2) is 30.3 Å². The zero-order valence-electron chi connectivity index (χ0n) is 8.16. The van der Waals surface area contributed by atoms with Crippen molar-refractivity contribution in [2.45, 2.75) is 16.4 Å². The second-order valence-corrected chi connectivity index (χ2v) is 5.50. The van der Waals surface area contributed by atoms with Crippen molar-refractivity contribution in [2.75, 3.05) is 0 Å². The van der Waals surface area contributed by atoms with E-state index in [1.165, 1.54) is 0 Å². The molecule has 88 valence electrons. The number of carboxylic acid groups (broad SMARTS) is 1. The molecule has 0 aliphatic carbocycles. The Morgan fingerprint density at radius 3 is 2.31 bits per heavy atom. The number of carboxylic acids is 1. The first kappa shape index (κ1) is 13.6. The third-order valence-corrected chi connectivity index (χ3v) is 2.25. The maximum absolute atomic E-state index is 10.9. The number of benzene rings is 1. The summed E-state index contributed by atoms with van der Waals surface area (Å²) in [6, 6.07) is 8.19. The number of halogens is 3. The number of carbonyl (C=O) groups is 1. The highest BCUT2D eigenvalue weighted by atomic mass is 35.6. The van der Waals surface area contributed by atoms with Gasteiger partial charge in [0, 0.05) is 0 Å². The molecule has 0 heterocycles. The lowest BCUT2D eigenvalue weighted by atomic mass is 10.1. The molecule has 6 heteroatoms. The lowest BCUT2D eigenvalue weighted by molar-refractivity contribution is -0.139. The van der Waals surface area contributed by atoms with Crippen LogP contribution in [0, 0.1) is 0 Å².